The Morgan fingerprint density at radius 3 is 2.67 bits per heavy atom. The third-order valence-electron chi connectivity index (χ3n) is 3.57. The van der Waals surface area contributed by atoms with Gasteiger partial charge in [-0.1, -0.05) is 0 Å². The normalized spacial score (nSPS) is 22.8. The molecule has 0 saturated heterocycles. The van der Waals surface area contributed by atoms with Crippen LogP contribution in [0.15, 0.2) is 23.1 Å². The van der Waals surface area contributed by atoms with Gasteiger partial charge >= 0.3 is 0 Å². The van der Waals surface area contributed by atoms with E-state index in [0.29, 0.717) is 24.3 Å². The minimum atomic E-state index is -3.45. The number of fused-ring (bicyclic) bond motifs is 1. The zero-order chi connectivity index (χ0) is 13.0. The van der Waals surface area contributed by atoms with Crippen molar-refractivity contribution in [3.63, 3.8) is 0 Å². The summed E-state index contributed by atoms with van der Waals surface area (Å²) in [5, 5.41) is 2.71. The van der Waals surface area contributed by atoms with Gasteiger partial charge in [0.25, 0.3) is 0 Å². The van der Waals surface area contributed by atoms with Crippen molar-refractivity contribution in [1.82, 2.24) is 0 Å². The molecule has 5 nitrogen and oxygen atoms in total. The van der Waals surface area contributed by atoms with Crippen molar-refractivity contribution in [1.29, 1.82) is 0 Å². The van der Waals surface area contributed by atoms with Gasteiger partial charge in [0.05, 0.1) is 28.9 Å². The summed E-state index contributed by atoms with van der Waals surface area (Å²) in [6.07, 6.45) is 1.28. The molecule has 1 saturated carbocycles. The highest BCUT2D eigenvalue weighted by atomic mass is 32.2. The molecule has 2 aliphatic rings. The molecule has 1 heterocycles. The van der Waals surface area contributed by atoms with Crippen molar-refractivity contribution in [2.75, 3.05) is 18.2 Å². The summed E-state index contributed by atoms with van der Waals surface area (Å²) in [4.78, 5) is 12.1. The fourth-order valence-electron chi connectivity index (χ4n) is 2.27. The van der Waals surface area contributed by atoms with Crippen LogP contribution in [0, 0.1) is 5.41 Å². The van der Waals surface area contributed by atoms with Gasteiger partial charge in [-0.3, -0.25) is 4.79 Å². The van der Waals surface area contributed by atoms with E-state index in [0.717, 1.165) is 0 Å². The van der Waals surface area contributed by atoms with Crippen molar-refractivity contribution in [3.8, 4) is 5.75 Å². The first kappa shape index (κ1) is 11.5. The largest absolute Gasteiger partial charge is 0.497 e. The van der Waals surface area contributed by atoms with Gasteiger partial charge in [0.2, 0.25) is 5.91 Å². The molecule has 1 amide bonds. The molecule has 0 atom stereocenters. The topological polar surface area (TPSA) is 72.5 Å². The minimum Gasteiger partial charge on any atom is -0.497 e. The maximum Gasteiger partial charge on any atom is 0.231 e. The molecule has 0 unspecified atom stereocenters. The lowest BCUT2D eigenvalue weighted by atomic mass is 10.1. The van der Waals surface area contributed by atoms with Gasteiger partial charge in [0, 0.05) is 6.07 Å². The Kier molecular flexibility index (Phi) is 2.22. The summed E-state index contributed by atoms with van der Waals surface area (Å²) in [6, 6.07) is 4.68. The summed E-state index contributed by atoms with van der Waals surface area (Å²) in [6.45, 7) is 0. The Balaban J connectivity index is 2.17. The lowest BCUT2D eigenvalue weighted by Gasteiger charge is -2.08. The molecule has 1 fully saturated rings. The van der Waals surface area contributed by atoms with Crippen LogP contribution in [-0.2, 0) is 14.6 Å². The highest BCUT2D eigenvalue weighted by Crippen LogP contribution is 2.50. The second kappa shape index (κ2) is 3.47. The maximum atomic E-state index is 12.3. The summed E-state index contributed by atoms with van der Waals surface area (Å²) in [5.74, 6) is 0.180. The molecule has 3 rings (SSSR count). The third-order valence-corrected chi connectivity index (χ3v) is 5.51. The fraction of sp³-hybridized carbons (Fsp3) is 0.417. The first-order valence-corrected chi connectivity index (χ1v) is 7.34. The zero-order valence-corrected chi connectivity index (χ0v) is 10.7. The van der Waals surface area contributed by atoms with Crippen LogP contribution < -0.4 is 10.1 Å². The van der Waals surface area contributed by atoms with Gasteiger partial charge in [-0.15, -0.1) is 0 Å². The quantitative estimate of drug-likeness (QED) is 0.830. The van der Waals surface area contributed by atoms with Crippen LogP contribution in [0.1, 0.15) is 12.8 Å². The number of sulfone groups is 1. The van der Waals surface area contributed by atoms with Crippen molar-refractivity contribution >= 4 is 21.4 Å². The van der Waals surface area contributed by atoms with E-state index in [2.05, 4.69) is 5.32 Å². The standard InChI is InChI=1S/C12H13NO4S/c1-17-8-2-3-9-10(6-8)18(15,16)7-12(4-5-12)11(14)13-9/h2-3,6H,4-5,7H2,1H3,(H,13,14). The second-order valence-electron chi connectivity index (χ2n) is 4.86. The molecular weight excluding hydrogens is 254 g/mol. The molecule has 96 valence electrons. The molecular formula is C12H13NO4S. The molecule has 18 heavy (non-hydrogen) atoms. The van der Waals surface area contributed by atoms with Crippen LogP contribution in [0.3, 0.4) is 0 Å². The van der Waals surface area contributed by atoms with Gasteiger partial charge < -0.3 is 10.1 Å². The number of ether oxygens (including phenoxy) is 1. The molecule has 1 aromatic rings. The van der Waals surface area contributed by atoms with Crippen molar-refractivity contribution in [2.45, 2.75) is 17.7 Å². The number of carbonyl (C=O) groups excluding carboxylic acids is 1. The molecule has 1 N–H and O–H groups in total. The van der Waals surface area contributed by atoms with E-state index in [1.807, 2.05) is 0 Å². The highest BCUT2D eigenvalue weighted by molar-refractivity contribution is 7.91. The summed E-state index contributed by atoms with van der Waals surface area (Å²) >= 11 is 0. The predicted molar refractivity (Wildman–Crippen MR) is 65.3 cm³/mol. The molecule has 1 aromatic carbocycles. The molecule has 6 heteroatoms. The number of methoxy groups -OCH3 is 1. The summed E-state index contributed by atoms with van der Waals surface area (Å²) < 4.78 is 29.7. The van der Waals surface area contributed by atoms with Crippen LogP contribution in [0.4, 0.5) is 5.69 Å². The fourth-order valence-corrected chi connectivity index (χ4v) is 4.33. The van der Waals surface area contributed by atoms with Crippen molar-refractivity contribution < 1.29 is 17.9 Å². The van der Waals surface area contributed by atoms with E-state index in [9.17, 15) is 13.2 Å². The van der Waals surface area contributed by atoms with Crippen LogP contribution in [-0.4, -0.2) is 27.2 Å². The Morgan fingerprint density at radius 2 is 2.06 bits per heavy atom. The van der Waals surface area contributed by atoms with Crippen LogP contribution in [0.2, 0.25) is 0 Å². The van der Waals surface area contributed by atoms with Gasteiger partial charge in [-0.2, -0.15) is 0 Å². The third kappa shape index (κ3) is 1.59. The van der Waals surface area contributed by atoms with E-state index in [-0.39, 0.29) is 16.6 Å². The molecule has 1 aliphatic carbocycles. The number of carbonyl (C=O) groups is 1. The van der Waals surface area contributed by atoms with Crippen molar-refractivity contribution in [3.05, 3.63) is 18.2 Å². The van der Waals surface area contributed by atoms with Gasteiger partial charge in [-0.05, 0) is 25.0 Å². The SMILES string of the molecule is COc1ccc2c(c1)S(=O)(=O)CC1(CC1)C(=O)N2. The summed E-state index contributed by atoms with van der Waals surface area (Å²) in [5.41, 5.74) is -0.352. The predicted octanol–water partition coefficient (Wildman–Crippen LogP) is 1.20. The molecule has 0 aromatic heterocycles. The Hall–Kier alpha value is -1.56. The van der Waals surface area contributed by atoms with E-state index in [4.69, 9.17) is 4.74 Å². The molecule has 1 aliphatic heterocycles. The average molecular weight is 267 g/mol. The van der Waals surface area contributed by atoms with Crippen LogP contribution >= 0.6 is 0 Å². The molecule has 1 spiro atoms. The maximum absolute atomic E-state index is 12.3. The van der Waals surface area contributed by atoms with E-state index in [1.165, 1.54) is 13.2 Å². The van der Waals surface area contributed by atoms with E-state index < -0.39 is 15.3 Å². The second-order valence-corrected chi connectivity index (χ2v) is 6.81. The Morgan fingerprint density at radius 1 is 1.33 bits per heavy atom. The first-order valence-electron chi connectivity index (χ1n) is 5.69. The zero-order valence-electron chi connectivity index (χ0n) is 9.89. The number of anilines is 1. The Labute approximate surface area is 105 Å². The first-order chi connectivity index (χ1) is 8.47. The number of nitrogens with one attached hydrogen (secondary N) is 1. The number of amides is 1. The Bertz CT molecular complexity index is 631. The summed E-state index contributed by atoms with van der Waals surface area (Å²) in [7, 11) is -1.97. The van der Waals surface area contributed by atoms with Gasteiger partial charge in [-0.25, -0.2) is 8.42 Å². The van der Waals surface area contributed by atoms with Crippen LogP contribution in [0.25, 0.3) is 0 Å². The molecule has 0 radical (unpaired) electrons. The number of rotatable bonds is 1. The van der Waals surface area contributed by atoms with Crippen LogP contribution in [0.5, 0.6) is 5.75 Å². The van der Waals surface area contributed by atoms with E-state index >= 15 is 0 Å². The van der Waals surface area contributed by atoms with Gasteiger partial charge in [0.15, 0.2) is 9.84 Å². The number of benzene rings is 1. The minimum absolute atomic E-state index is 0.105. The van der Waals surface area contributed by atoms with Gasteiger partial charge in [0.1, 0.15) is 5.75 Å². The smallest absolute Gasteiger partial charge is 0.231 e. The monoisotopic (exact) mass is 267 g/mol. The lowest BCUT2D eigenvalue weighted by molar-refractivity contribution is -0.120. The highest BCUT2D eigenvalue weighted by Gasteiger charge is 2.54. The number of hydrogen-bond acceptors (Lipinski definition) is 4. The molecule has 0 bridgehead atoms. The average Bonchev–Trinajstić information content (AvgIpc) is 3.09. The number of hydrogen-bond donors (Lipinski definition) is 1. The lowest BCUT2D eigenvalue weighted by Crippen LogP contribution is -2.27. The van der Waals surface area contributed by atoms with E-state index in [1.54, 1.807) is 12.1 Å². The van der Waals surface area contributed by atoms with Crippen molar-refractivity contribution in [2.24, 2.45) is 5.41 Å².